The standard InChI is InChI=1S/C27H46O3/c1-18(8-6-14-26(3,4)30)22-12-13-23-21(9-7-15-27(22,23)5)11-10-20-16-24(28)19(2)25(29)17-20/h10-11,18-19,22-25,28-30H,6-9,12-17H2,1-5H3/b20-10?,21-11+/t18-,19?,22?,23?,24+,25?,27+/m0/s1. The molecule has 0 amide bonds. The molecule has 0 saturated heterocycles. The minimum absolute atomic E-state index is 0.0266. The average Bonchev–Trinajstić information content (AvgIpc) is 3.00. The van der Waals surface area contributed by atoms with Crippen LogP contribution in [0.3, 0.4) is 0 Å². The molecule has 0 aliphatic heterocycles. The van der Waals surface area contributed by atoms with Gasteiger partial charge in [-0.2, -0.15) is 0 Å². The first-order valence-electron chi connectivity index (χ1n) is 12.5. The van der Waals surface area contributed by atoms with Crippen molar-refractivity contribution in [1.82, 2.24) is 0 Å². The summed E-state index contributed by atoms with van der Waals surface area (Å²) >= 11 is 0. The van der Waals surface area contributed by atoms with Gasteiger partial charge in [0.2, 0.25) is 0 Å². The van der Waals surface area contributed by atoms with Crippen LogP contribution in [0.2, 0.25) is 0 Å². The zero-order valence-electron chi connectivity index (χ0n) is 20.0. The van der Waals surface area contributed by atoms with Gasteiger partial charge in [0, 0.05) is 5.92 Å². The van der Waals surface area contributed by atoms with E-state index in [4.69, 9.17) is 0 Å². The van der Waals surface area contributed by atoms with Crippen molar-refractivity contribution in [2.45, 2.75) is 117 Å². The quantitative estimate of drug-likeness (QED) is 0.512. The van der Waals surface area contributed by atoms with Crippen LogP contribution in [0.15, 0.2) is 23.3 Å². The summed E-state index contributed by atoms with van der Waals surface area (Å²) in [5.74, 6) is 2.15. The molecule has 0 radical (unpaired) electrons. The molecule has 0 aromatic rings. The largest absolute Gasteiger partial charge is 0.392 e. The summed E-state index contributed by atoms with van der Waals surface area (Å²) in [5.41, 5.74) is 2.65. The van der Waals surface area contributed by atoms with Gasteiger partial charge >= 0.3 is 0 Å². The molecule has 4 unspecified atom stereocenters. The SMILES string of the molecule is CC1C(O)CC(=C/C=C2\CCC[C@@]3(C)C2CCC3[C@@H](C)CCCC(C)(C)O)C[C@H]1O. The van der Waals surface area contributed by atoms with Gasteiger partial charge in [0.05, 0.1) is 17.8 Å². The van der Waals surface area contributed by atoms with Crippen LogP contribution in [0.25, 0.3) is 0 Å². The lowest BCUT2D eigenvalue weighted by Gasteiger charge is -2.44. The average molecular weight is 419 g/mol. The summed E-state index contributed by atoms with van der Waals surface area (Å²) in [4.78, 5) is 0. The predicted octanol–water partition coefficient (Wildman–Crippen LogP) is 5.78. The molecule has 3 saturated carbocycles. The van der Waals surface area contributed by atoms with Gasteiger partial charge in [-0.05, 0) is 88.4 Å². The zero-order chi connectivity index (χ0) is 22.1. The van der Waals surface area contributed by atoms with Crippen LogP contribution in [0.5, 0.6) is 0 Å². The van der Waals surface area contributed by atoms with E-state index in [0.29, 0.717) is 30.1 Å². The van der Waals surface area contributed by atoms with E-state index in [1.54, 1.807) is 5.57 Å². The second kappa shape index (κ2) is 9.46. The molecule has 0 spiro atoms. The zero-order valence-corrected chi connectivity index (χ0v) is 20.0. The number of allylic oxidation sites excluding steroid dienone is 3. The van der Waals surface area contributed by atoms with E-state index in [1.165, 1.54) is 44.1 Å². The van der Waals surface area contributed by atoms with E-state index in [9.17, 15) is 15.3 Å². The Morgan fingerprint density at radius 2 is 1.80 bits per heavy atom. The number of fused-ring (bicyclic) bond motifs is 1. The lowest BCUT2D eigenvalue weighted by atomic mass is 9.60. The lowest BCUT2D eigenvalue weighted by molar-refractivity contribution is 0.00406. The van der Waals surface area contributed by atoms with Crippen LogP contribution < -0.4 is 0 Å². The molecule has 3 aliphatic carbocycles. The third-order valence-corrected chi connectivity index (χ3v) is 8.86. The predicted molar refractivity (Wildman–Crippen MR) is 124 cm³/mol. The molecule has 3 nitrogen and oxygen atoms in total. The van der Waals surface area contributed by atoms with Gasteiger partial charge < -0.3 is 15.3 Å². The Labute approximate surface area is 184 Å². The molecule has 0 bridgehead atoms. The van der Waals surface area contributed by atoms with Crippen LogP contribution in [0, 0.1) is 29.1 Å². The van der Waals surface area contributed by atoms with Gasteiger partial charge in [-0.15, -0.1) is 0 Å². The van der Waals surface area contributed by atoms with Gasteiger partial charge in [-0.3, -0.25) is 0 Å². The normalized spacial score (nSPS) is 41.3. The van der Waals surface area contributed by atoms with E-state index >= 15 is 0 Å². The number of aliphatic hydroxyl groups is 3. The van der Waals surface area contributed by atoms with Gasteiger partial charge in [-0.25, -0.2) is 0 Å². The highest BCUT2D eigenvalue weighted by atomic mass is 16.3. The fourth-order valence-electron chi connectivity index (χ4n) is 6.88. The van der Waals surface area contributed by atoms with Gasteiger partial charge in [0.1, 0.15) is 0 Å². The number of rotatable bonds is 6. The van der Waals surface area contributed by atoms with E-state index in [-0.39, 0.29) is 5.92 Å². The maximum Gasteiger partial charge on any atom is 0.0627 e. The summed E-state index contributed by atoms with van der Waals surface area (Å²) in [7, 11) is 0. The molecular weight excluding hydrogens is 372 g/mol. The summed E-state index contributed by atoms with van der Waals surface area (Å²) < 4.78 is 0. The Hall–Kier alpha value is -0.640. The second-order valence-corrected chi connectivity index (χ2v) is 11.7. The van der Waals surface area contributed by atoms with Crippen molar-refractivity contribution in [1.29, 1.82) is 0 Å². The molecule has 3 aliphatic rings. The molecule has 0 heterocycles. The highest BCUT2D eigenvalue weighted by Crippen LogP contribution is 2.60. The third-order valence-electron chi connectivity index (χ3n) is 8.86. The molecule has 3 heteroatoms. The Morgan fingerprint density at radius 1 is 1.13 bits per heavy atom. The highest BCUT2D eigenvalue weighted by Gasteiger charge is 2.50. The van der Waals surface area contributed by atoms with Crippen molar-refractivity contribution in [2.75, 3.05) is 0 Å². The summed E-state index contributed by atoms with van der Waals surface area (Å²) in [5, 5.41) is 30.5. The molecular formula is C27H46O3. The van der Waals surface area contributed by atoms with E-state index in [0.717, 1.165) is 18.8 Å². The molecule has 30 heavy (non-hydrogen) atoms. The minimum Gasteiger partial charge on any atom is -0.392 e. The number of hydrogen-bond donors (Lipinski definition) is 3. The molecule has 3 N–H and O–H groups in total. The molecule has 3 rings (SSSR count). The molecule has 3 fully saturated rings. The summed E-state index contributed by atoms with van der Waals surface area (Å²) in [6.07, 6.45) is 14.8. The van der Waals surface area contributed by atoms with Crippen LogP contribution in [0.1, 0.15) is 98.8 Å². The smallest absolute Gasteiger partial charge is 0.0627 e. The highest BCUT2D eigenvalue weighted by molar-refractivity contribution is 5.26. The fraction of sp³-hybridized carbons (Fsp3) is 0.852. The Bertz CT molecular complexity index is 629. The third kappa shape index (κ3) is 5.40. The van der Waals surface area contributed by atoms with E-state index in [1.807, 2.05) is 20.8 Å². The fourth-order valence-corrected chi connectivity index (χ4v) is 6.88. The van der Waals surface area contributed by atoms with Crippen LogP contribution >= 0.6 is 0 Å². The van der Waals surface area contributed by atoms with Crippen molar-refractivity contribution in [3.63, 3.8) is 0 Å². The number of aliphatic hydroxyl groups excluding tert-OH is 2. The lowest BCUT2D eigenvalue weighted by Crippen LogP contribution is -2.36. The van der Waals surface area contributed by atoms with Crippen LogP contribution in [0.4, 0.5) is 0 Å². The Kier molecular flexibility index (Phi) is 7.58. The van der Waals surface area contributed by atoms with Gasteiger partial charge in [-0.1, -0.05) is 56.9 Å². The van der Waals surface area contributed by atoms with E-state index < -0.39 is 17.8 Å². The first-order chi connectivity index (χ1) is 14.0. The Morgan fingerprint density at radius 3 is 2.43 bits per heavy atom. The minimum atomic E-state index is -0.547. The molecule has 0 aromatic carbocycles. The van der Waals surface area contributed by atoms with Crippen molar-refractivity contribution in [3.05, 3.63) is 23.3 Å². The first-order valence-corrected chi connectivity index (χ1v) is 12.5. The van der Waals surface area contributed by atoms with E-state index in [2.05, 4.69) is 26.0 Å². The van der Waals surface area contributed by atoms with Gasteiger partial charge in [0.15, 0.2) is 0 Å². The summed E-state index contributed by atoms with van der Waals surface area (Å²) in [6.45, 7) is 10.8. The first kappa shape index (κ1) is 24.0. The molecule has 172 valence electrons. The molecule has 0 aromatic heterocycles. The topological polar surface area (TPSA) is 60.7 Å². The molecule has 7 atom stereocenters. The summed E-state index contributed by atoms with van der Waals surface area (Å²) in [6, 6.07) is 0. The van der Waals surface area contributed by atoms with Crippen LogP contribution in [-0.4, -0.2) is 33.1 Å². The van der Waals surface area contributed by atoms with Crippen molar-refractivity contribution in [3.8, 4) is 0 Å². The Balaban J connectivity index is 1.67. The van der Waals surface area contributed by atoms with Crippen molar-refractivity contribution < 1.29 is 15.3 Å². The van der Waals surface area contributed by atoms with Crippen molar-refractivity contribution >= 4 is 0 Å². The maximum absolute atomic E-state index is 10.2. The van der Waals surface area contributed by atoms with Crippen LogP contribution in [-0.2, 0) is 0 Å². The van der Waals surface area contributed by atoms with Crippen molar-refractivity contribution in [2.24, 2.45) is 29.1 Å². The maximum atomic E-state index is 10.2. The van der Waals surface area contributed by atoms with Gasteiger partial charge in [0.25, 0.3) is 0 Å². The monoisotopic (exact) mass is 418 g/mol. The number of hydrogen-bond acceptors (Lipinski definition) is 3. The second-order valence-electron chi connectivity index (χ2n) is 11.7.